The minimum Gasteiger partial charge on any atom is -0.508 e. The SMILES string of the molecule is NC(=O)/C=C/c1ccc(C2CCCN2CCc2c(-c3ccccc3)[nH]c3ccccc23)c(O)c1. The van der Waals surface area contributed by atoms with Crippen molar-refractivity contribution < 1.29 is 9.90 Å². The van der Waals surface area contributed by atoms with E-state index in [-0.39, 0.29) is 11.8 Å². The van der Waals surface area contributed by atoms with Gasteiger partial charge in [-0.3, -0.25) is 9.69 Å². The third-order valence-corrected chi connectivity index (χ3v) is 6.74. The van der Waals surface area contributed by atoms with Gasteiger partial charge in [-0.05, 0) is 60.7 Å². The van der Waals surface area contributed by atoms with Crippen molar-refractivity contribution >= 4 is 22.9 Å². The summed E-state index contributed by atoms with van der Waals surface area (Å²) in [5.74, 6) is -0.238. The van der Waals surface area contributed by atoms with Gasteiger partial charge in [0.1, 0.15) is 5.75 Å². The molecule has 0 saturated carbocycles. The summed E-state index contributed by atoms with van der Waals surface area (Å²) >= 11 is 0. The number of fused-ring (bicyclic) bond motifs is 1. The normalized spacial score (nSPS) is 16.5. The van der Waals surface area contributed by atoms with Crippen LogP contribution in [-0.4, -0.2) is 34.0 Å². The van der Waals surface area contributed by atoms with Crippen LogP contribution in [0.1, 0.15) is 35.6 Å². The Balaban J connectivity index is 1.39. The molecular weight excluding hydrogens is 422 g/mol. The number of nitrogens with zero attached hydrogens (tertiary/aromatic N) is 1. The van der Waals surface area contributed by atoms with Crippen LogP contribution in [0.4, 0.5) is 0 Å². The first-order chi connectivity index (χ1) is 16.6. The van der Waals surface area contributed by atoms with Crippen LogP contribution in [0.15, 0.2) is 78.9 Å². The molecular formula is C29H29N3O2. The highest BCUT2D eigenvalue weighted by molar-refractivity contribution is 5.91. The van der Waals surface area contributed by atoms with E-state index in [1.165, 1.54) is 28.3 Å². The molecule has 172 valence electrons. The zero-order chi connectivity index (χ0) is 23.5. The number of benzene rings is 3. The molecule has 0 radical (unpaired) electrons. The van der Waals surface area contributed by atoms with Crippen LogP contribution in [-0.2, 0) is 11.2 Å². The number of hydrogen-bond donors (Lipinski definition) is 3. The van der Waals surface area contributed by atoms with Gasteiger partial charge < -0.3 is 15.8 Å². The van der Waals surface area contributed by atoms with Gasteiger partial charge in [-0.2, -0.15) is 0 Å². The standard InChI is InChI=1S/C29H29N3O2/c30-28(34)15-13-20-12-14-24(27(33)19-20)26-11-6-17-32(26)18-16-23-22-9-4-5-10-25(22)31-29(23)21-7-2-1-3-8-21/h1-5,7-10,12-15,19,26,31,33H,6,11,16-18H2,(H2,30,34)/b15-13+. The number of rotatable bonds is 7. The van der Waals surface area contributed by atoms with Gasteiger partial charge in [0.15, 0.2) is 0 Å². The largest absolute Gasteiger partial charge is 0.508 e. The second-order valence-electron chi connectivity index (χ2n) is 8.89. The number of nitrogens with two attached hydrogens (primary N) is 1. The number of amides is 1. The lowest BCUT2D eigenvalue weighted by molar-refractivity contribution is -0.113. The van der Waals surface area contributed by atoms with Crippen LogP contribution in [0.5, 0.6) is 5.75 Å². The number of carbonyl (C=O) groups is 1. The number of primary amides is 1. The Kier molecular flexibility index (Phi) is 6.19. The molecule has 1 atom stereocenters. The summed E-state index contributed by atoms with van der Waals surface area (Å²) in [5, 5.41) is 12.0. The lowest BCUT2D eigenvalue weighted by Gasteiger charge is -2.25. The molecule has 1 unspecified atom stereocenters. The fraction of sp³-hybridized carbons (Fsp3) is 0.207. The van der Waals surface area contributed by atoms with E-state index in [1.54, 1.807) is 12.1 Å². The minimum atomic E-state index is -0.502. The molecule has 5 nitrogen and oxygen atoms in total. The third kappa shape index (κ3) is 4.47. The smallest absolute Gasteiger partial charge is 0.241 e. The van der Waals surface area contributed by atoms with Crippen LogP contribution in [0.2, 0.25) is 0 Å². The van der Waals surface area contributed by atoms with Crippen molar-refractivity contribution in [2.45, 2.75) is 25.3 Å². The molecule has 0 spiro atoms. The van der Waals surface area contributed by atoms with E-state index < -0.39 is 5.91 Å². The third-order valence-electron chi connectivity index (χ3n) is 6.74. The summed E-state index contributed by atoms with van der Waals surface area (Å²) in [4.78, 5) is 17.1. The Morgan fingerprint density at radius 1 is 1.09 bits per heavy atom. The van der Waals surface area contributed by atoms with E-state index in [0.717, 1.165) is 49.0 Å². The molecule has 1 aromatic heterocycles. The van der Waals surface area contributed by atoms with Crippen molar-refractivity contribution in [3.63, 3.8) is 0 Å². The molecule has 5 rings (SSSR count). The monoisotopic (exact) mass is 451 g/mol. The van der Waals surface area contributed by atoms with Gasteiger partial charge >= 0.3 is 0 Å². The highest BCUT2D eigenvalue weighted by Crippen LogP contribution is 2.38. The van der Waals surface area contributed by atoms with Crippen molar-refractivity contribution in [1.29, 1.82) is 0 Å². The van der Waals surface area contributed by atoms with Crippen LogP contribution in [0, 0.1) is 0 Å². The van der Waals surface area contributed by atoms with Gasteiger partial charge in [-0.1, -0.05) is 60.7 Å². The lowest BCUT2D eigenvalue weighted by Crippen LogP contribution is -2.26. The highest BCUT2D eigenvalue weighted by Gasteiger charge is 2.28. The summed E-state index contributed by atoms with van der Waals surface area (Å²) in [6.45, 7) is 1.92. The molecule has 1 fully saturated rings. The molecule has 1 amide bonds. The van der Waals surface area contributed by atoms with E-state index in [4.69, 9.17) is 5.73 Å². The maximum absolute atomic E-state index is 11.0. The fourth-order valence-electron chi connectivity index (χ4n) is 5.14. The Bertz CT molecular complexity index is 1340. The Hall–Kier alpha value is -3.83. The second-order valence-corrected chi connectivity index (χ2v) is 8.89. The average molecular weight is 452 g/mol. The average Bonchev–Trinajstić information content (AvgIpc) is 3.46. The van der Waals surface area contributed by atoms with Gasteiger partial charge in [0.05, 0.1) is 0 Å². The summed E-state index contributed by atoms with van der Waals surface area (Å²) in [7, 11) is 0. The quantitative estimate of drug-likeness (QED) is 0.328. The molecule has 1 aliphatic heterocycles. The number of carbonyl (C=O) groups excluding carboxylic acids is 1. The van der Waals surface area contributed by atoms with Crippen LogP contribution in [0.3, 0.4) is 0 Å². The van der Waals surface area contributed by atoms with Crippen molar-refractivity contribution in [2.24, 2.45) is 5.73 Å². The molecule has 1 aliphatic rings. The van der Waals surface area contributed by atoms with Crippen molar-refractivity contribution in [3.8, 4) is 17.0 Å². The maximum atomic E-state index is 11.0. The first kappa shape index (κ1) is 22.0. The van der Waals surface area contributed by atoms with Crippen molar-refractivity contribution in [2.75, 3.05) is 13.1 Å². The van der Waals surface area contributed by atoms with Crippen LogP contribution in [0.25, 0.3) is 28.2 Å². The van der Waals surface area contributed by atoms with E-state index in [9.17, 15) is 9.90 Å². The highest BCUT2D eigenvalue weighted by atomic mass is 16.3. The maximum Gasteiger partial charge on any atom is 0.241 e. The second kappa shape index (κ2) is 9.57. The number of likely N-dealkylation sites (tertiary alicyclic amines) is 1. The molecule has 4 N–H and O–H groups in total. The molecule has 5 heteroatoms. The Morgan fingerprint density at radius 3 is 2.68 bits per heavy atom. The Morgan fingerprint density at radius 2 is 1.88 bits per heavy atom. The molecule has 3 aromatic carbocycles. The number of H-pyrrole nitrogens is 1. The predicted octanol–water partition coefficient (Wildman–Crippen LogP) is 5.42. The molecule has 0 aliphatic carbocycles. The fourth-order valence-corrected chi connectivity index (χ4v) is 5.14. The topological polar surface area (TPSA) is 82.4 Å². The van der Waals surface area contributed by atoms with Gasteiger partial charge in [0.25, 0.3) is 0 Å². The van der Waals surface area contributed by atoms with E-state index in [0.29, 0.717) is 0 Å². The number of para-hydroxylation sites is 1. The van der Waals surface area contributed by atoms with Crippen molar-refractivity contribution in [1.82, 2.24) is 9.88 Å². The number of nitrogens with one attached hydrogen (secondary N) is 1. The molecule has 0 bridgehead atoms. The van der Waals surface area contributed by atoms with Gasteiger partial charge in [0.2, 0.25) is 5.91 Å². The van der Waals surface area contributed by atoms with Crippen LogP contribution >= 0.6 is 0 Å². The van der Waals surface area contributed by atoms with E-state index in [1.807, 2.05) is 18.2 Å². The lowest BCUT2D eigenvalue weighted by atomic mass is 9.99. The van der Waals surface area contributed by atoms with Crippen LogP contribution < -0.4 is 5.73 Å². The predicted molar refractivity (Wildman–Crippen MR) is 137 cm³/mol. The van der Waals surface area contributed by atoms with Crippen molar-refractivity contribution in [3.05, 3.63) is 95.6 Å². The van der Waals surface area contributed by atoms with Gasteiger partial charge in [-0.15, -0.1) is 0 Å². The molecule has 1 saturated heterocycles. The minimum absolute atomic E-state index is 0.180. The number of aromatic amines is 1. The summed E-state index contributed by atoms with van der Waals surface area (Å²) < 4.78 is 0. The summed E-state index contributed by atoms with van der Waals surface area (Å²) in [6.07, 6.45) is 5.98. The van der Waals surface area contributed by atoms with E-state index in [2.05, 4.69) is 58.4 Å². The first-order valence-corrected chi connectivity index (χ1v) is 11.8. The molecule has 4 aromatic rings. The van der Waals surface area contributed by atoms with Gasteiger partial charge in [-0.25, -0.2) is 0 Å². The number of hydrogen-bond acceptors (Lipinski definition) is 3. The van der Waals surface area contributed by atoms with Gasteiger partial charge in [0, 0.05) is 40.8 Å². The molecule has 34 heavy (non-hydrogen) atoms. The molecule has 2 heterocycles. The first-order valence-electron chi connectivity index (χ1n) is 11.8. The summed E-state index contributed by atoms with van der Waals surface area (Å²) in [6, 6.07) is 24.8. The Labute approximate surface area is 199 Å². The van der Waals surface area contributed by atoms with E-state index >= 15 is 0 Å². The zero-order valence-electron chi connectivity index (χ0n) is 19.1. The number of phenols is 1. The number of aromatic hydroxyl groups is 1. The number of phenolic OH excluding ortho intramolecular Hbond substituents is 1. The number of aromatic nitrogens is 1. The zero-order valence-corrected chi connectivity index (χ0v) is 19.1. The summed E-state index contributed by atoms with van der Waals surface area (Å²) in [5.41, 5.74) is 11.8.